The first-order chi connectivity index (χ1) is 13.0. The second kappa shape index (κ2) is 7.39. The number of thiazole rings is 1. The molecule has 0 saturated carbocycles. The van der Waals surface area contributed by atoms with Crippen molar-refractivity contribution >= 4 is 34.5 Å². The number of halogens is 4. The van der Waals surface area contributed by atoms with Gasteiger partial charge in [-0.25, -0.2) is 13.8 Å². The molecule has 0 saturated heterocycles. The highest BCUT2D eigenvalue weighted by molar-refractivity contribution is 7.13. The number of aromatic nitrogens is 1. The highest BCUT2D eigenvalue weighted by atomic mass is 35.5. The normalized spacial score (nSPS) is 11.0. The molecule has 0 aliphatic heterocycles. The number of nitrogens with zero attached hydrogens (tertiary/aromatic N) is 1. The molecule has 0 aliphatic carbocycles. The van der Waals surface area contributed by atoms with Gasteiger partial charge in [0.25, 0.3) is 0 Å². The van der Waals surface area contributed by atoms with Crippen LogP contribution in [-0.4, -0.2) is 4.98 Å². The fourth-order valence-electron chi connectivity index (χ4n) is 2.71. The van der Waals surface area contributed by atoms with Crippen LogP contribution in [0.4, 0.5) is 8.78 Å². The zero-order valence-corrected chi connectivity index (χ0v) is 16.0. The van der Waals surface area contributed by atoms with Crippen molar-refractivity contribution in [2.24, 2.45) is 0 Å². The molecule has 6 heteroatoms. The van der Waals surface area contributed by atoms with Crippen LogP contribution in [-0.2, 0) is 0 Å². The van der Waals surface area contributed by atoms with Crippen LogP contribution in [0.15, 0.2) is 66.0 Å². The Labute approximate surface area is 168 Å². The highest BCUT2D eigenvalue weighted by Gasteiger charge is 2.10. The Balaban J connectivity index is 1.63. The van der Waals surface area contributed by atoms with Crippen molar-refractivity contribution in [2.45, 2.75) is 0 Å². The van der Waals surface area contributed by atoms with Gasteiger partial charge >= 0.3 is 0 Å². The van der Waals surface area contributed by atoms with Gasteiger partial charge in [-0.15, -0.1) is 11.3 Å². The summed E-state index contributed by atoms with van der Waals surface area (Å²) in [5, 5.41) is 3.76. The molecule has 0 fully saturated rings. The molecule has 4 rings (SSSR count). The molecule has 0 amide bonds. The van der Waals surface area contributed by atoms with Crippen LogP contribution in [0, 0.1) is 11.6 Å². The molecule has 3 aromatic carbocycles. The first-order valence-electron chi connectivity index (χ1n) is 7.98. The smallest absolute Gasteiger partial charge is 0.133 e. The molecule has 1 heterocycles. The standard InChI is InChI=1S/C21H11Cl2F2NS/c22-17-8-5-14(9-18(17)23)20-11-27-21(26-20)13-3-1-12(2-4-13)16-7-6-15(24)10-19(16)25/h1-11H. The number of benzene rings is 3. The van der Waals surface area contributed by atoms with Gasteiger partial charge in [0.2, 0.25) is 0 Å². The number of rotatable bonds is 3. The van der Waals surface area contributed by atoms with E-state index >= 15 is 0 Å². The summed E-state index contributed by atoms with van der Waals surface area (Å²) in [5.41, 5.74) is 3.65. The second-order valence-corrected chi connectivity index (χ2v) is 7.54. The molecule has 4 aromatic rings. The summed E-state index contributed by atoms with van der Waals surface area (Å²) in [5.74, 6) is -1.18. The maximum Gasteiger partial charge on any atom is 0.133 e. The summed E-state index contributed by atoms with van der Waals surface area (Å²) in [6.45, 7) is 0. The van der Waals surface area contributed by atoms with E-state index in [0.29, 0.717) is 21.2 Å². The summed E-state index contributed by atoms with van der Waals surface area (Å²) in [6.07, 6.45) is 0. The van der Waals surface area contributed by atoms with Crippen molar-refractivity contribution in [1.29, 1.82) is 0 Å². The fraction of sp³-hybridized carbons (Fsp3) is 0. The van der Waals surface area contributed by atoms with Crippen molar-refractivity contribution in [2.75, 3.05) is 0 Å². The third-order valence-electron chi connectivity index (χ3n) is 4.09. The summed E-state index contributed by atoms with van der Waals surface area (Å²) >= 11 is 13.5. The topological polar surface area (TPSA) is 12.9 Å². The van der Waals surface area contributed by atoms with Crippen LogP contribution in [0.25, 0.3) is 33.0 Å². The molecule has 27 heavy (non-hydrogen) atoms. The molecule has 0 radical (unpaired) electrons. The predicted octanol–water partition coefficient (Wildman–Crippen LogP) is 7.73. The molecule has 0 bridgehead atoms. The van der Waals surface area contributed by atoms with Crippen LogP contribution < -0.4 is 0 Å². The minimum absolute atomic E-state index is 0.360. The average molecular weight is 418 g/mol. The van der Waals surface area contributed by atoms with Gasteiger partial charge in [-0.3, -0.25) is 0 Å². The average Bonchev–Trinajstić information content (AvgIpc) is 3.14. The largest absolute Gasteiger partial charge is 0.236 e. The van der Waals surface area contributed by atoms with Crippen LogP contribution in [0.2, 0.25) is 10.0 Å². The van der Waals surface area contributed by atoms with Gasteiger partial charge in [0.1, 0.15) is 16.6 Å². The van der Waals surface area contributed by atoms with Crippen molar-refractivity contribution < 1.29 is 8.78 Å². The van der Waals surface area contributed by atoms with E-state index in [2.05, 4.69) is 4.98 Å². The minimum Gasteiger partial charge on any atom is -0.236 e. The van der Waals surface area contributed by atoms with Crippen LogP contribution >= 0.6 is 34.5 Å². The molecule has 0 aliphatic rings. The first kappa shape index (κ1) is 18.1. The Kier molecular flexibility index (Phi) is 4.96. The van der Waals surface area contributed by atoms with Crippen molar-refractivity contribution in [3.05, 3.63) is 87.7 Å². The van der Waals surface area contributed by atoms with E-state index in [1.165, 1.54) is 23.5 Å². The summed E-state index contributed by atoms with van der Waals surface area (Å²) in [6, 6.07) is 16.3. The Bertz CT molecular complexity index is 1120. The Morgan fingerprint density at radius 1 is 0.741 bits per heavy atom. The zero-order chi connectivity index (χ0) is 19.0. The van der Waals surface area contributed by atoms with E-state index in [-0.39, 0.29) is 0 Å². The molecule has 134 valence electrons. The lowest BCUT2D eigenvalue weighted by atomic mass is 10.0. The SMILES string of the molecule is Fc1ccc(-c2ccc(-c3nc(-c4ccc(Cl)c(Cl)c4)cs3)cc2)c(F)c1. The van der Waals surface area contributed by atoms with Crippen LogP contribution in [0.1, 0.15) is 0 Å². The lowest BCUT2D eigenvalue weighted by Gasteiger charge is -2.05. The van der Waals surface area contributed by atoms with E-state index in [1.807, 2.05) is 23.6 Å². The van der Waals surface area contributed by atoms with E-state index in [9.17, 15) is 8.78 Å². The highest BCUT2D eigenvalue weighted by Crippen LogP contribution is 2.33. The maximum atomic E-state index is 13.9. The predicted molar refractivity (Wildman–Crippen MR) is 108 cm³/mol. The van der Waals surface area contributed by atoms with Crippen LogP contribution in [0.5, 0.6) is 0 Å². The van der Waals surface area contributed by atoms with Crippen molar-refractivity contribution in [3.8, 4) is 33.0 Å². The third kappa shape index (κ3) is 3.74. The summed E-state index contributed by atoms with van der Waals surface area (Å²) in [4.78, 5) is 4.65. The molecule has 1 nitrogen and oxygen atoms in total. The fourth-order valence-corrected chi connectivity index (χ4v) is 3.84. The molecule has 0 N–H and O–H groups in total. The van der Waals surface area contributed by atoms with Gasteiger partial charge in [0, 0.05) is 28.1 Å². The summed E-state index contributed by atoms with van der Waals surface area (Å²) in [7, 11) is 0. The monoisotopic (exact) mass is 417 g/mol. The van der Waals surface area contributed by atoms with E-state index in [1.54, 1.807) is 24.3 Å². The molecule has 0 spiro atoms. The second-order valence-electron chi connectivity index (χ2n) is 5.87. The first-order valence-corrected chi connectivity index (χ1v) is 9.61. The molecular weight excluding hydrogens is 407 g/mol. The molecule has 0 unspecified atom stereocenters. The quantitative estimate of drug-likeness (QED) is 0.332. The minimum atomic E-state index is -0.592. The third-order valence-corrected chi connectivity index (χ3v) is 5.72. The Morgan fingerprint density at radius 2 is 1.44 bits per heavy atom. The maximum absolute atomic E-state index is 13.9. The van der Waals surface area contributed by atoms with Gasteiger partial charge < -0.3 is 0 Å². The summed E-state index contributed by atoms with van der Waals surface area (Å²) < 4.78 is 27.0. The van der Waals surface area contributed by atoms with Gasteiger partial charge in [-0.1, -0.05) is 53.5 Å². The van der Waals surface area contributed by atoms with Gasteiger partial charge in [0.15, 0.2) is 0 Å². The Hall–Kier alpha value is -2.27. The lowest BCUT2D eigenvalue weighted by Crippen LogP contribution is -1.86. The number of hydrogen-bond donors (Lipinski definition) is 0. The Morgan fingerprint density at radius 3 is 2.15 bits per heavy atom. The zero-order valence-electron chi connectivity index (χ0n) is 13.7. The van der Waals surface area contributed by atoms with E-state index in [0.717, 1.165) is 27.9 Å². The van der Waals surface area contributed by atoms with Crippen LogP contribution in [0.3, 0.4) is 0 Å². The number of hydrogen-bond acceptors (Lipinski definition) is 2. The van der Waals surface area contributed by atoms with Gasteiger partial charge in [0.05, 0.1) is 15.7 Å². The van der Waals surface area contributed by atoms with Crippen molar-refractivity contribution in [3.63, 3.8) is 0 Å². The lowest BCUT2D eigenvalue weighted by molar-refractivity contribution is 0.585. The van der Waals surface area contributed by atoms with Gasteiger partial charge in [-0.05, 0) is 29.8 Å². The molecule has 1 aromatic heterocycles. The van der Waals surface area contributed by atoms with E-state index < -0.39 is 11.6 Å². The molecule has 0 atom stereocenters. The van der Waals surface area contributed by atoms with E-state index in [4.69, 9.17) is 23.2 Å². The van der Waals surface area contributed by atoms with Gasteiger partial charge in [-0.2, -0.15) is 0 Å². The van der Waals surface area contributed by atoms with Crippen molar-refractivity contribution in [1.82, 2.24) is 4.98 Å². The molecular formula is C21H11Cl2F2NS.